The summed E-state index contributed by atoms with van der Waals surface area (Å²) in [6, 6.07) is 5.88. The van der Waals surface area contributed by atoms with Gasteiger partial charge in [-0.15, -0.1) is 0 Å². The number of sulfone groups is 1. The molecule has 3 rings (SSSR count). The van der Waals surface area contributed by atoms with Crippen LogP contribution >= 0.6 is 0 Å². The molecule has 0 radical (unpaired) electrons. The third-order valence-electron chi connectivity index (χ3n) is 3.06. The first-order valence-corrected chi connectivity index (χ1v) is 7.44. The van der Waals surface area contributed by atoms with Crippen molar-refractivity contribution in [1.82, 2.24) is 9.97 Å². The van der Waals surface area contributed by atoms with Crippen molar-refractivity contribution in [3.8, 4) is 0 Å². The van der Waals surface area contributed by atoms with Crippen LogP contribution in [0.3, 0.4) is 0 Å². The number of aromatic nitrogens is 2. The lowest BCUT2D eigenvalue weighted by molar-refractivity contribution is 0.594. The first-order chi connectivity index (χ1) is 10.00. The van der Waals surface area contributed by atoms with E-state index in [0.717, 1.165) is 30.5 Å². The molecule has 0 aliphatic rings. The van der Waals surface area contributed by atoms with Gasteiger partial charge in [-0.25, -0.2) is 12.8 Å². The first kappa shape index (κ1) is 13.4. The predicted octanol–water partition coefficient (Wildman–Crippen LogP) is 1.90. The molecule has 21 heavy (non-hydrogen) atoms. The van der Waals surface area contributed by atoms with E-state index in [-0.39, 0.29) is 10.3 Å². The van der Waals surface area contributed by atoms with E-state index in [0.29, 0.717) is 5.52 Å². The molecule has 0 saturated heterocycles. The lowest BCUT2D eigenvalue weighted by Gasteiger charge is -2.05. The zero-order chi connectivity index (χ0) is 15.0. The average molecular weight is 304 g/mol. The molecule has 0 amide bonds. The van der Waals surface area contributed by atoms with Crippen molar-refractivity contribution in [1.29, 1.82) is 0 Å². The van der Waals surface area contributed by atoms with Crippen LogP contribution < -0.4 is 5.43 Å². The number of rotatable bonds is 2. The highest BCUT2D eigenvalue weighted by atomic mass is 32.2. The van der Waals surface area contributed by atoms with Gasteiger partial charge in [-0.2, -0.15) is 0 Å². The molecule has 1 aromatic carbocycles. The van der Waals surface area contributed by atoms with E-state index >= 15 is 0 Å². The summed E-state index contributed by atoms with van der Waals surface area (Å²) in [5.41, 5.74) is -0.144. The summed E-state index contributed by atoms with van der Waals surface area (Å²) in [5.74, 6) is -0.550. The molecule has 0 atom stereocenters. The van der Waals surface area contributed by atoms with Gasteiger partial charge in [-0.1, -0.05) is 0 Å². The molecule has 1 N–H and O–H groups in total. The molecule has 5 nitrogen and oxygen atoms in total. The zero-order valence-electron chi connectivity index (χ0n) is 10.6. The number of H-pyrrole nitrogens is 1. The quantitative estimate of drug-likeness (QED) is 0.733. The van der Waals surface area contributed by atoms with Gasteiger partial charge in [0.15, 0.2) is 0 Å². The first-order valence-electron chi connectivity index (χ1n) is 5.96. The van der Waals surface area contributed by atoms with Crippen LogP contribution in [0.2, 0.25) is 0 Å². The molecule has 0 bridgehead atoms. The van der Waals surface area contributed by atoms with Gasteiger partial charge in [0.05, 0.1) is 15.8 Å². The second kappa shape index (κ2) is 4.78. The molecule has 0 saturated carbocycles. The molecule has 0 spiro atoms. The Morgan fingerprint density at radius 2 is 1.81 bits per heavy atom. The highest BCUT2D eigenvalue weighted by molar-refractivity contribution is 7.91. The Labute approximate surface area is 119 Å². The number of nitrogens with zero attached hydrogens (tertiary/aromatic N) is 1. The molecule has 2 heterocycles. The van der Waals surface area contributed by atoms with E-state index in [4.69, 9.17) is 0 Å². The second-order valence-electron chi connectivity index (χ2n) is 4.36. The minimum absolute atomic E-state index is 0.141. The van der Waals surface area contributed by atoms with Crippen LogP contribution in [0.25, 0.3) is 10.9 Å². The van der Waals surface area contributed by atoms with Crippen molar-refractivity contribution in [2.75, 3.05) is 0 Å². The summed E-state index contributed by atoms with van der Waals surface area (Å²) in [7, 11) is -4.02. The van der Waals surface area contributed by atoms with E-state index in [1.807, 2.05) is 0 Å². The van der Waals surface area contributed by atoms with Crippen LogP contribution in [-0.4, -0.2) is 18.4 Å². The molecule has 2 aromatic heterocycles. The van der Waals surface area contributed by atoms with Crippen LogP contribution in [0.4, 0.5) is 4.39 Å². The van der Waals surface area contributed by atoms with E-state index in [1.165, 1.54) is 12.4 Å². The third-order valence-corrected chi connectivity index (χ3v) is 4.84. The van der Waals surface area contributed by atoms with Gasteiger partial charge in [-0.3, -0.25) is 9.78 Å². The number of nitrogens with one attached hydrogen (secondary N) is 1. The molecule has 106 valence electrons. The Bertz CT molecular complexity index is 979. The summed E-state index contributed by atoms with van der Waals surface area (Å²) in [6.07, 6.45) is 3.94. The Hall–Kier alpha value is -2.54. The largest absolute Gasteiger partial charge is 0.360 e. The van der Waals surface area contributed by atoms with Crippen molar-refractivity contribution >= 4 is 20.7 Å². The van der Waals surface area contributed by atoms with Crippen molar-refractivity contribution in [2.45, 2.75) is 9.79 Å². The number of pyridine rings is 2. The average Bonchev–Trinajstić information content (AvgIpc) is 2.48. The fourth-order valence-corrected chi connectivity index (χ4v) is 3.30. The Morgan fingerprint density at radius 3 is 2.52 bits per heavy atom. The number of hydrogen-bond donors (Lipinski definition) is 1. The summed E-state index contributed by atoms with van der Waals surface area (Å²) < 4.78 is 37.8. The molecule has 0 aliphatic carbocycles. The van der Waals surface area contributed by atoms with Crippen molar-refractivity contribution in [3.63, 3.8) is 0 Å². The van der Waals surface area contributed by atoms with Gasteiger partial charge in [0.25, 0.3) is 0 Å². The maximum absolute atomic E-state index is 12.9. The highest BCUT2D eigenvalue weighted by Crippen LogP contribution is 2.19. The van der Waals surface area contributed by atoms with Crippen LogP contribution in [-0.2, 0) is 9.84 Å². The summed E-state index contributed by atoms with van der Waals surface area (Å²) in [6.45, 7) is 0. The lowest BCUT2D eigenvalue weighted by Crippen LogP contribution is -2.16. The predicted molar refractivity (Wildman–Crippen MR) is 74.2 cm³/mol. The molecule has 0 unspecified atom stereocenters. The normalized spacial score (nSPS) is 11.7. The topological polar surface area (TPSA) is 79.9 Å². The van der Waals surface area contributed by atoms with E-state index in [1.54, 1.807) is 6.07 Å². The molecular formula is C14H9FN2O3S. The van der Waals surface area contributed by atoms with Crippen LogP contribution in [0.15, 0.2) is 63.5 Å². The summed E-state index contributed by atoms with van der Waals surface area (Å²) in [4.78, 5) is 18.3. The van der Waals surface area contributed by atoms with Crippen LogP contribution in [0, 0.1) is 5.82 Å². The fraction of sp³-hybridized carbons (Fsp3) is 0. The van der Waals surface area contributed by atoms with E-state index < -0.39 is 26.0 Å². The number of fused-ring (bicyclic) bond motifs is 1. The number of hydrogen-bond acceptors (Lipinski definition) is 4. The summed E-state index contributed by atoms with van der Waals surface area (Å²) >= 11 is 0. The molecule has 7 heteroatoms. The maximum atomic E-state index is 12.9. The third kappa shape index (κ3) is 2.21. The Balaban J connectivity index is 2.27. The van der Waals surface area contributed by atoms with Crippen LogP contribution in [0.1, 0.15) is 0 Å². The smallest absolute Gasteiger partial charge is 0.211 e. The molecule has 0 fully saturated rings. The zero-order valence-corrected chi connectivity index (χ0v) is 11.4. The maximum Gasteiger partial charge on any atom is 0.211 e. The number of halogens is 1. The van der Waals surface area contributed by atoms with Crippen molar-refractivity contribution in [3.05, 3.63) is 65.0 Å². The number of aromatic amines is 1. The minimum Gasteiger partial charge on any atom is -0.360 e. The van der Waals surface area contributed by atoms with Gasteiger partial charge in [-0.05, 0) is 30.3 Å². The highest BCUT2D eigenvalue weighted by Gasteiger charge is 2.22. The second-order valence-corrected chi connectivity index (χ2v) is 6.28. The SMILES string of the molecule is O=c1c(S(=O)(=O)c2ccc(F)cc2)c[nH]c2ccncc12. The van der Waals surface area contributed by atoms with Crippen molar-refractivity contribution < 1.29 is 12.8 Å². The van der Waals surface area contributed by atoms with E-state index in [2.05, 4.69) is 9.97 Å². The van der Waals surface area contributed by atoms with Gasteiger partial charge in [0.1, 0.15) is 10.7 Å². The standard InChI is InChI=1S/C14H9FN2O3S/c15-9-1-3-10(4-2-9)21(19,20)13-8-17-12-5-6-16-7-11(12)14(13)18/h1-8H,(H,17,18). The van der Waals surface area contributed by atoms with E-state index in [9.17, 15) is 17.6 Å². The van der Waals surface area contributed by atoms with Gasteiger partial charge >= 0.3 is 0 Å². The summed E-state index contributed by atoms with van der Waals surface area (Å²) in [5, 5.41) is 0.181. The number of benzene rings is 1. The van der Waals surface area contributed by atoms with Crippen LogP contribution in [0.5, 0.6) is 0 Å². The molecule has 3 aromatic rings. The van der Waals surface area contributed by atoms with Crippen molar-refractivity contribution in [2.24, 2.45) is 0 Å². The van der Waals surface area contributed by atoms with Gasteiger partial charge in [0.2, 0.25) is 15.3 Å². The fourth-order valence-electron chi connectivity index (χ4n) is 1.98. The van der Waals surface area contributed by atoms with Gasteiger partial charge < -0.3 is 4.98 Å². The molecular weight excluding hydrogens is 295 g/mol. The Kier molecular flexibility index (Phi) is 3.06. The molecule has 0 aliphatic heterocycles. The van der Waals surface area contributed by atoms with Gasteiger partial charge in [0, 0.05) is 18.6 Å². The Morgan fingerprint density at radius 1 is 1.10 bits per heavy atom. The monoisotopic (exact) mass is 304 g/mol. The minimum atomic E-state index is -4.02. The lowest BCUT2D eigenvalue weighted by atomic mass is 10.3.